The van der Waals surface area contributed by atoms with Gasteiger partial charge in [0.25, 0.3) is 5.91 Å². The summed E-state index contributed by atoms with van der Waals surface area (Å²) in [5.74, 6) is 0.445. The van der Waals surface area contributed by atoms with Gasteiger partial charge >= 0.3 is 0 Å². The Bertz CT molecular complexity index is 1620. The first kappa shape index (κ1) is 28.1. The molecule has 2 amide bonds. The summed E-state index contributed by atoms with van der Waals surface area (Å²) < 4.78 is 5.52. The van der Waals surface area contributed by atoms with Crippen LogP contribution in [0.2, 0.25) is 0 Å². The highest BCUT2D eigenvalue weighted by atomic mass is 32.2. The van der Waals surface area contributed by atoms with E-state index in [-0.39, 0.29) is 11.8 Å². The summed E-state index contributed by atoms with van der Waals surface area (Å²) in [7, 11) is 0. The normalized spacial score (nSPS) is 11.5. The molecular weight excluding hydrogens is 551 g/mol. The van der Waals surface area contributed by atoms with E-state index in [2.05, 4.69) is 15.6 Å². The van der Waals surface area contributed by atoms with E-state index in [1.807, 2.05) is 110 Å². The Morgan fingerprint density at radius 1 is 0.902 bits per heavy atom. The zero-order chi connectivity index (χ0) is 28.6. The maximum Gasteiger partial charge on any atom is 0.255 e. The Kier molecular flexibility index (Phi) is 9.13. The second kappa shape index (κ2) is 13.3. The van der Waals surface area contributed by atoms with Gasteiger partial charge in [0.1, 0.15) is 11.0 Å². The third-order valence-corrected chi connectivity index (χ3v) is 8.20. The zero-order valence-electron chi connectivity index (χ0n) is 22.7. The van der Waals surface area contributed by atoms with Gasteiger partial charge in [-0.1, -0.05) is 54.1 Å². The lowest BCUT2D eigenvalue weighted by Gasteiger charge is -2.17. The molecular formula is C33H29N3O3S2. The van der Waals surface area contributed by atoms with Gasteiger partial charge in [0.15, 0.2) is 5.13 Å². The number of nitrogens with zero attached hydrogens (tertiary/aromatic N) is 1. The van der Waals surface area contributed by atoms with Crippen LogP contribution in [0.25, 0.3) is 11.3 Å². The molecule has 0 aliphatic heterocycles. The smallest absolute Gasteiger partial charge is 0.255 e. The van der Waals surface area contributed by atoms with Gasteiger partial charge in [-0.3, -0.25) is 9.59 Å². The van der Waals surface area contributed by atoms with Crippen LogP contribution in [-0.4, -0.2) is 23.4 Å². The zero-order valence-corrected chi connectivity index (χ0v) is 24.3. The highest BCUT2D eigenvalue weighted by Gasteiger charge is 2.23. The summed E-state index contributed by atoms with van der Waals surface area (Å²) in [6.07, 6.45) is 0. The number of anilines is 2. The average Bonchev–Trinajstić information content (AvgIpc) is 3.46. The average molecular weight is 580 g/mol. The molecule has 2 N–H and O–H groups in total. The number of ether oxygens (including phenoxy) is 1. The molecule has 1 atom stereocenters. The monoisotopic (exact) mass is 579 g/mol. The van der Waals surface area contributed by atoms with Gasteiger partial charge in [0.2, 0.25) is 5.91 Å². The van der Waals surface area contributed by atoms with Crippen molar-refractivity contribution in [2.45, 2.75) is 24.0 Å². The maximum absolute atomic E-state index is 13.6. The van der Waals surface area contributed by atoms with E-state index in [1.165, 1.54) is 23.1 Å². The number of benzene rings is 4. The molecule has 206 valence electrons. The van der Waals surface area contributed by atoms with Crippen LogP contribution in [0, 0.1) is 6.92 Å². The standard InChI is InChI=1S/C33H29N3O3S2/c1-3-39-27-18-16-23(17-19-27)29-21-40-33(35-29)36-32(38)30(24-8-5-4-6-9-24)41-28-11-7-10-26(20-28)34-31(37)25-14-12-22(2)13-15-25/h4-21,30H,3H2,1-2H3,(H,34,37)(H,35,36,38). The predicted octanol–water partition coefficient (Wildman–Crippen LogP) is 8.24. The quantitative estimate of drug-likeness (QED) is 0.163. The lowest BCUT2D eigenvalue weighted by atomic mass is 10.1. The Morgan fingerprint density at radius 2 is 1.66 bits per heavy atom. The fourth-order valence-electron chi connectivity index (χ4n) is 4.12. The molecule has 41 heavy (non-hydrogen) atoms. The number of aromatic nitrogens is 1. The fourth-order valence-corrected chi connectivity index (χ4v) is 5.92. The minimum atomic E-state index is -0.530. The van der Waals surface area contributed by atoms with Gasteiger partial charge in [0.05, 0.1) is 12.3 Å². The maximum atomic E-state index is 13.6. The third-order valence-electron chi connectivity index (χ3n) is 6.20. The molecule has 1 aromatic heterocycles. The second-order valence-electron chi connectivity index (χ2n) is 9.24. The minimum absolute atomic E-state index is 0.178. The number of thioether (sulfide) groups is 1. The van der Waals surface area contributed by atoms with Gasteiger partial charge in [0, 0.05) is 27.1 Å². The highest BCUT2D eigenvalue weighted by Crippen LogP contribution is 2.38. The van der Waals surface area contributed by atoms with Crippen molar-refractivity contribution in [3.63, 3.8) is 0 Å². The molecule has 6 nitrogen and oxygen atoms in total. The van der Waals surface area contributed by atoms with Gasteiger partial charge in [-0.25, -0.2) is 4.98 Å². The van der Waals surface area contributed by atoms with Crippen LogP contribution >= 0.6 is 23.1 Å². The number of amides is 2. The molecule has 0 radical (unpaired) electrons. The van der Waals surface area contributed by atoms with Crippen molar-refractivity contribution in [1.29, 1.82) is 0 Å². The summed E-state index contributed by atoms with van der Waals surface area (Å²) in [5.41, 5.74) is 4.94. The molecule has 5 rings (SSSR count). The molecule has 0 saturated carbocycles. The fraction of sp³-hybridized carbons (Fsp3) is 0.121. The summed E-state index contributed by atoms with van der Waals surface area (Å²) >= 11 is 2.80. The van der Waals surface area contributed by atoms with Gasteiger partial charge in [-0.05, 0) is 74.0 Å². The van der Waals surface area contributed by atoms with Crippen LogP contribution < -0.4 is 15.4 Å². The molecule has 4 aromatic carbocycles. The lowest BCUT2D eigenvalue weighted by molar-refractivity contribution is -0.115. The molecule has 0 bridgehead atoms. The van der Waals surface area contributed by atoms with Crippen LogP contribution in [0.3, 0.4) is 0 Å². The first-order chi connectivity index (χ1) is 20.0. The van der Waals surface area contributed by atoms with Crippen molar-refractivity contribution in [3.05, 3.63) is 125 Å². The highest BCUT2D eigenvalue weighted by molar-refractivity contribution is 8.00. The van der Waals surface area contributed by atoms with Crippen LogP contribution in [0.5, 0.6) is 5.75 Å². The molecule has 0 spiro atoms. The number of aryl methyl sites for hydroxylation is 1. The van der Waals surface area contributed by atoms with Gasteiger partial charge in [-0.15, -0.1) is 23.1 Å². The Morgan fingerprint density at radius 3 is 2.39 bits per heavy atom. The van der Waals surface area contributed by atoms with Crippen molar-refractivity contribution < 1.29 is 14.3 Å². The first-order valence-corrected chi connectivity index (χ1v) is 14.9. The summed E-state index contributed by atoms with van der Waals surface area (Å²) in [6, 6.07) is 32.3. The first-order valence-electron chi connectivity index (χ1n) is 13.2. The molecule has 8 heteroatoms. The number of hydrogen-bond acceptors (Lipinski definition) is 6. The number of hydrogen-bond donors (Lipinski definition) is 2. The molecule has 0 saturated heterocycles. The van der Waals surface area contributed by atoms with E-state index in [0.717, 1.165) is 33.0 Å². The molecule has 0 fully saturated rings. The molecule has 0 aliphatic carbocycles. The molecule has 5 aromatic rings. The molecule has 1 unspecified atom stereocenters. The van der Waals surface area contributed by atoms with Crippen molar-refractivity contribution in [1.82, 2.24) is 4.98 Å². The largest absolute Gasteiger partial charge is 0.494 e. The van der Waals surface area contributed by atoms with Gasteiger partial charge in [-0.2, -0.15) is 0 Å². The summed E-state index contributed by atoms with van der Waals surface area (Å²) in [6.45, 7) is 4.54. The third kappa shape index (κ3) is 7.42. The molecule has 1 heterocycles. The van der Waals surface area contributed by atoms with E-state index in [4.69, 9.17) is 4.74 Å². The van der Waals surface area contributed by atoms with E-state index >= 15 is 0 Å². The van der Waals surface area contributed by atoms with Crippen LogP contribution in [0.4, 0.5) is 10.8 Å². The summed E-state index contributed by atoms with van der Waals surface area (Å²) in [4.78, 5) is 31.9. The Balaban J connectivity index is 1.31. The van der Waals surface area contributed by atoms with Crippen LogP contribution in [0.1, 0.15) is 33.7 Å². The SMILES string of the molecule is CCOc1ccc(-c2csc(NC(=O)C(Sc3cccc(NC(=O)c4ccc(C)cc4)c3)c3ccccc3)n2)cc1. The van der Waals surface area contributed by atoms with Crippen molar-refractivity contribution in [2.75, 3.05) is 17.2 Å². The number of rotatable bonds is 10. The van der Waals surface area contributed by atoms with E-state index in [1.54, 1.807) is 12.1 Å². The number of thiazole rings is 1. The van der Waals surface area contributed by atoms with Crippen molar-refractivity contribution in [3.8, 4) is 17.0 Å². The lowest BCUT2D eigenvalue weighted by Crippen LogP contribution is -2.19. The Labute approximate surface area is 247 Å². The van der Waals surface area contributed by atoms with Crippen molar-refractivity contribution >= 4 is 45.7 Å². The van der Waals surface area contributed by atoms with Crippen LogP contribution in [-0.2, 0) is 4.79 Å². The predicted molar refractivity (Wildman–Crippen MR) is 168 cm³/mol. The summed E-state index contributed by atoms with van der Waals surface area (Å²) in [5, 5.41) is 7.89. The topological polar surface area (TPSA) is 80.3 Å². The minimum Gasteiger partial charge on any atom is -0.494 e. The van der Waals surface area contributed by atoms with Gasteiger partial charge < -0.3 is 15.4 Å². The van der Waals surface area contributed by atoms with E-state index in [9.17, 15) is 9.59 Å². The number of nitrogens with one attached hydrogen (secondary N) is 2. The number of carbonyl (C=O) groups excluding carboxylic acids is 2. The van der Waals surface area contributed by atoms with Crippen LogP contribution in [0.15, 0.2) is 113 Å². The van der Waals surface area contributed by atoms with E-state index < -0.39 is 5.25 Å². The van der Waals surface area contributed by atoms with Crippen molar-refractivity contribution in [2.24, 2.45) is 0 Å². The molecule has 0 aliphatic rings. The second-order valence-corrected chi connectivity index (χ2v) is 11.3. The van der Waals surface area contributed by atoms with E-state index in [0.29, 0.717) is 23.0 Å². The number of carbonyl (C=O) groups is 2. The Hall–Kier alpha value is -4.40.